The van der Waals surface area contributed by atoms with Gasteiger partial charge in [0.2, 0.25) is 0 Å². The van der Waals surface area contributed by atoms with E-state index in [4.69, 9.17) is 9.47 Å². The summed E-state index contributed by atoms with van der Waals surface area (Å²) in [5, 5.41) is 20.4. The van der Waals surface area contributed by atoms with Gasteiger partial charge in [-0.05, 0) is 26.0 Å². The van der Waals surface area contributed by atoms with E-state index in [0.717, 1.165) is 38.0 Å². The Morgan fingerprint density at radius 3 is 2.29 bits per heavy atom. The highest BCUT2D eigenvalue weighted by molar-refractivity contribution is 5.99. The van der Waals surface area contributed by atoms with Gasteiger partial charge in [0.05, 0.1) is 12.9 Å². The Balaban J connectivity index is 0.000000469. The maximum Gasteiger partial charge on any atom is 0.303 e. The minimum atomic E-state index is -2.55. The van der Waals surface area contributed by atoms with E-state index in [1.165, 1.54) is 0 Å². The van der Waals surface area contributed by atoms with Crippen LogP contribution in [0.3, 0.4) is 0 Å². The number of rotatable bonds is 5. The van der Waals surface area contributed by atoms with E-state index in [1.807, 2.05) is 18.2 Å². The summed E-state index contributed by atoms with van der Waals surface area (Å²) in [6.45, 7) is 2.26. The van der Waals surface area contributed by atoms with Crippen LogP contribution in [-0.4, -0.2) is 76.7 Å². The van der Waals surface area contributed by atoms with Crippen molar-refractivity contribution < 1.29 is 34.1 Å². The minimum Gasteiger partial charge on any atom is -0.442 e. The number of hydrogen-bond acceptors (Lipinski definition) is 11. The van der Waals surface area contributed by atoms with Gasteiger partial charge in [-0.25, -0.2) is 9.97 Å². The number of H-pyrrole nitrogens is 1. The molecule has 0 aromatic carbocycles. The molecule has 1 aliphatic heterocycles. The van der Waals surface area contributed by atoms with E-state index >= 15 is 0 Å². The number of nitrogens with one attached hydrogen (secondary N) is 1. The van der Waals surface area contributed by atoms with Crippen LogP contribution in [0.4, 0.5) is 0 Å². The third-order valence-corrected chi connectivity index (χ3v) is 5.32. The number of aliphatic hydroxyl groups excluding tert-OH is 2. The smallest absolute Gasteiger partial charge is 0.303 e. The first-order valence-corrected chi connectivity index (χ1v) is 10.1. The standard InChI is InChI=1S/C16H18N4O8.C5H5N/c1-7(22)15(27-9(3)24)12(25)10(4-21)28-16(15,8(2)23)20-6-19-11-13(20)17-5-18-14(11)26;1-2-4-6-5-3-1/h5-6,10,12,21,25H,4H2,1-3H3,(H,17,18,26);1-5H/t10-,12-,15-,16-;/m1./s1. The Kier molecular flexibility index (Phi) is 7.00. The Labute approximate surface area is 192 Å². The molecule has 13 nitrogen and oxygen atoms in total. The maximum atomic E-state index is 12.9. The second-order valence-corrected chi connectivity index (χ2v) is 7.41. The van der Waals surface area contributed by atoms with Crippen LogP contribution in [0.1, 0.15) is 20.8 Å². The molecule has 0 radical (unpaired) electrons. The zero-order chi connectivity index (χ0) is 25.1. The molecular formula is C21H23N5O8. The summed E-state index contributed by atoms with van der Waals surface area (Å²) >= 11 is 0. The summed E-state index contributed by atoms with van der Waals surface area (Å²) in [5.74, 6) is -2.73. The maximum absolute atomic E-state index is 12.9. The number of esters is 1. The third-order valence-electron chi connectivity index (χ3n) is 5.32. The Morgan fingerprint density at radius 1 is 1.15 bits per heavy atom. The Hall–Kier alpha value is -3.81. The van der Waals surface area contributed by atoms with Crippen molar-refractivity contribution in [3.63, 3.8) is 0 Å². The van der Waals surface area contributed by atoms with Crippen molar-refractivity contribution in [1.29, 1.82) is 0 Å². The number of fused-ring (bicyclic) bond motifs is 1. The van der Waals surface area contributed by atoms with Gasteiger partial charge in [0.15, 0.2) is 22.7 Å². The van der Waals surface area contributed by atoms with Gasteiger partial charge in [0.25, 0.3) is 16.9 Å². The average Bonchev–Trinajstić information content (AvgIpc) is 3.35. The lowest BCUT2D eigenvalue weighted by Crippen LogP contribution is -2.66. The van der Waals surface area contributed by atoms with Crippen LogP contribution in [-0.2, 0) is 29.6 Å². The number of aromatic amines is 1. The molecule has 0 aliphatic carbocycles. The quantitative estimate of drug-likeness (QED) is 0.389. The number of ketones is 2. The number of aliphatic hydroxyl groups is 2. The minimum absolute atomic E-state index is 0.150. The van der Waals surface area contributed by atoms with Crippen LogP contribution in [0.15, 0.2) is 48.0 Å². The van der Waals surface area contributed by atoms with Crippen molar-refractivity contribution in [2.75, 3.05) is 6.61 Å². The van der Waals surface area contributed by atoms with Gasteiger partial charge < -0.3 is 24.7 Å². The van der Waals surface area contributed by atoms with E-state index in [1.54, 1.807) is 12.4 Å². The second kappa shape index (κ2) is 9.59. The van der Waals surface area contributed by atoms with Crippen LogP contribution in [0, 0.1) is 0 Å². The highest BCUT2D eigenvalue weighted by Crippen LogP contribution is 2.48. The number of carbonyl (C=O) groups excluding carboxylic acids is 3. The molecule has 0 amide bonds. The normalized spacial score (nSPS) is 25.9. The van der Waals surface area contributed by atoms with E-state index < -0.39 is 53.2 Å². The molecule has 0 bridgehead atoms. The van der Waals surface area contributed by atoms with Crippen LogP contribution < -0.4 is 5.56 Å². The number of ether oxygens (including phenoxy) is 2. The van der Waals surface area contributed by atoms with Crippen molar-refractivity contribution in [2.24, 2.45) is 0 Å². The number of imidazole rings is 1. The van der Waals surface area contributed by atoms with Crippen molar-refractivity contribution in [3.8, 4) is 0 Å². The lowest BCUT2D eigenvalue weighted by Gasteiger charge is -2.41. The lowest BCUT2D eigenvalue weighted by molar-refractivity contribution is -0.213. The molecule has 13 heteroatoms. The topological polar surface area (TPSA) is 187 Å². The molecular weight excluding hydrogens is 450 g/mol. The number of aromatic nitrogens is 5. The number of hydrogen-bond donors (Lipinski definition) is 3. The molecule has 180 valence electrons. The van der Waals surface area contributed by atoms with Crippen molar-refractivity contribution in [3.05, 3.63) is 53.6 Å². The van der Waals surface area contributed by atoms with Gasteiger partial charge in [-0.15, -0.1) is 0 Å². The van der Waals surface area contributed by atoms with Gasteiger partial charge in [-0.1, -0.05) is 6.07 Å². The Morgan fingerprint density at radius 2 is 1.82 bits per heavy atom. The molecule has 4 rings (SSSR count). The summed E-state index contributed by atoms with van der Waals surface area (Å²) in [6.07, 6.45) is 2.23. The van der Waals surface area contributed by atoms with Crippen LogP contribution >= 0.6 is 0 Å². The predicted octanol–water partition coefficient (Wildman–Crippen LogP) is -0.914. The average molecular weight is 473 g/mol. The zero-order valence-electron chi connectivity index (χ0n) is 18.5. The van der Waals surface area contributed by atoms with E-state index in [0.29, 0.717) is 0 Å². The largest absolute Gasteiger partial charge is 0.442 e. The number of nitrogens with zero attached hydrogens (tertiary/aromatic N) is 4. The summed E-state index contributed by atoms with van der Waals surface area (Å²) in [4.78, 5) is 63.4. The van der Waals surface area contributed by atoms with E-state index in [-0.39, 0.29) is 11.2 Å². The summed E-state index contributed by atoms with van der Waals surface area (Å²) in [5.41, 5.74) is -5.94. The SMILES string of the molecule is CC(=O)O[C@]1(C(C)=O)[C@H](O)[C@@H](CO)O[C@@]1(C(C)=O)n1cnc2c(=O)[nH]cnc21.c1ccncc1. The first kappa shape index (κ1) is 24.8. The summed E-state index contributed by atoms with van der Waals surface area (Å²) in [7, 11) is 0. The fourth-order valence-corrected chi connectivity index (χ4v) is 3.98. The van der Waals surface area contributed by atoms with Crippen LogP contribution in [0.2, 0.25) is 0 Å². The predicted molar refractivity (Wildman–Crippen MR) is 114 cm³/mol. The highest BCUT2D eigenvalue weighted by Gasteiger charge is 2.75. The van der Waals surface area contributed by atoms with Crippen molar-refractivity contribution in [1.82, 2.24) is 24.5 Å². The molecule has 0 saturated carbocycles. The Bertz CT molecular complexity index is 1230. The zero-order valence-corrected chi connectivity index (χ0v) is 18.5. The van der Waals surface area contributed by atoms with Gasteiger partial charge in [0, 0.05) is 19.3 Å². The van der Waals surface area contributed by atoms with Crippen LogP contribution in [0.25, 0.3) is 11.2 Å². The molecule has 3 aromatic heterocycles. The molecule has 0 spiro atoms. The highest BCUT2D eigenvalue weighted by atomic mass is 16.6. The first-order chi connectivity index (χ1) is 16.1. The molecule has 3 N–H and O–H groups in total. The van der Waals surface area contributed by atoms with Crippen molar-refractivity contribution in [2.45, 2.75) is 44.3 Å². The van der Waals surface area contributed by atoms with Crippen molar-refractivity contribution >= 4 is 28.7 Å². The van der Waals surface area contributed by atoms with Crippen LogP contribution in [0.5, 0.6) is 0 Å². The summed E-state index contributed by atoms with van der Waals surface area (Å²) in [6, 6.07) is 5.72. The van der Waals surface area contributed by atoms with E-state index in [9.17, 15) is 29.4 Å². The molecule has 0 unspecified atom stereocenters. The molecule has 34 heavy (non-hydrogen) atoms. The molecule has 4 atom stereocenters. The van der Waals surface area contributed by atoms with Gasteiger partial charge in [-0.2, -0.15) is 0 Å². The van der Waals surface area contributed by atoms with Gasteiger partial charge >= 0.3 is 5.97 Å². The molecule has 1 fully saturated rings. The molecule has 1 saturated heterocycles. The third kappa shape index (κ3) is 3.79. The van der Waals surface area contributed by atoms with E-state index in [2.05, 4.69) is 19.9 Å². The number of pyridine rings is 1. The lowest BCUT2D eigenvalue weighted by atomic mass is 9.79. The van der Waals surface area contributed by atoms with Gasteiger partial charge in [0.1, 0.15) is 18.5 Å². The monoisotopic (exact) mass is 473 g/mol. The summed E-state index contributed by atoms with van der Waals surface area (Å²) < 4.78 is 11.9. The molecule has 1 aliphatic rings. The fourth-order valence-electron chi connectivity index (χ4n) is 3.98. The first-order valence-electron chi connectivity index (χ1n) is 10.1. The second-order valence-electron chi connectivity index (χ2n) is 7.41. The van der Waals surface area contributed by atoms with Gasteiger partial charge in [-0.3, -0.25) is 28.7 Å². The number of Topliss-reactive ketones (excluding diaryl/α,β-unsaturated/α-hetero) is 2. The molecule has 3 aromatic rings. The number of carbonyl (C=O) groups is 3. The molecule has 4 heterocycles. The fraction of sp³-hybridized carbons (Fsp3) is 0.381.